The van der Waals surface area contributed by atoms with Crippen molar-refractivity contribution in [2.45, 2.75) is 11.0 Å². The molecule has 2 aromatic rings. The molecule has 4 heteroatoms. The highest BCUT2D eigenvalue weighted by molar-refractivity contribution is 7.99. The maximum absolute atomic E-state index is 13.5. The molecular weight excluding hydrogens is 263 g/mol. The third-order valence-electron chi connectivity index (χ3n) is 2.73. The van der Waals surface area contributed by atoms with Crippen LogP contribution in [0.3, 0.4) is 0 Å². The first-order valence-corrected chi connectivity index (χ1v) is 6.89. The Kier molecular flexibility index (Phi) is 4.82. The summed E-state index contributed by atoms with van der Waals surface area (Å²) in [6, 6.07) is 13.8. The number of para-hydroxylation sites is 1. The summed E-state index contributed by atoms with van der Waals surface area (Å²) < 4.78 is 18.7. The molecule has 2 aromatic carbocycles. The number of benzene rings is 2. The van der Waals surface area contributed by atoms with E-state index in [4.69, 9.17) is 4.74 Å². The zero-order valence-corrected chi connectivity index (χ0v) is 11.4. The second-order valence-corrected chi connectivity index (χ2v) is 5.06. The van der Waals surface area contributed by atoms with Gasteiger partial charge >= 0.3 is 0 Å². The van der Waals surface area contributed by atoms with Gasteiger partial charge in [0.2, 0.25) is 0 Å². The molecule has 100 valence electrons. The molecule has 0 saturated heterocycles. The van der Waals surface area contributed by atoms with Crippen LogP contribution in [0.25, 0.3) is 0 Å². The van der Waals surface area contributed by atoms with Crippen LogP contribution >= 0.6 is 11.8 Å². The lowest BCUT2D eigenvalue weighted by molar-refractivity contribution is 0.199. The molecule has 19 heavy (non-hydrogen) atoms. The maximum Gasteiger partial charge on any atom is 0.136 e. The number of hydrogen-bond acceptors (Lipinski definition) is 3. The molecule has 0 amide bonds. The molecule has 0 aliphatic carbocycles. The summed E-state index contributed by atoms with van der Waals surface area (Å²) in [5, 5.41) is 10.2. The van der Waals surface area contributed by atoms with Crippen molar-refractivity contribution >= 4 is 11.8 Å². The maximum atomic E-state index is 13.5. The van der Waals surface area contributed by atoms with Gasteiger partial charge < -0.3 is 9.84 Å². The Balaban J connectivity index is 2.05. The Morgan fingerprint density at radius 1 is 1.16 bits per heavy atom. The lowest BCUT2D eigenvalue weighted by Gasteiger charge is -2.14. The van der Waals surface area contributed by atoms with Gasteiger partial charge in [0.15, 0.2) is 0 Å². The average molecular weight is 278 g/mol. The first-order valence-electron chi connectivity index (χ1n) is 5.90. The molecule has 1 N–H and O–H groups in total. The van der Waals surface area contributed by atoms with Gasteiger partial charge in [-0.3, -0.25) is 0 Å². The van der Waals surface area contributed by atoms with Gasteiger partial charge in [-0.15, -0.1) is 11.8 Å². The number of hydrogen-bond donors (Lipinski definition) is 1. The predicted molar refractivity (Wildman–Crippen MR) is 75.1 cm³/mol. The molecule has 1 atom stereocenters. The van der Waals surface area contributed by atoms with Crippen LogP contribution in [0.15, 0.2) is 53.4 Å². The largest absolute Gasteiger partial charge is 0.496 e. The molecule has 0 heterocycles. The van der Waals surface area contributed by atoms with Crippen LogP contribution in [0.4, 0.5) is 4.39 Å². The molecule has 2 nitrogen and oxygen atoms in total. The Morgan fingerprint density at radius 2 is 1.84 bits per heavy atom. The van der Waals surface area contributed by atoms with Gasteiger partial charge in [-0.25, -0.2) is 4.39 Å². The second-order valence-electron chi connectivity index (χ2n) is 4.00. The minimum atomic E-state index is -0.694. The van der Waals surface area contributed by atoms with E-state index in [0.717, 1.165) is 0 Å². The van der Waals surface area contributed by atoms with Gasteiger partial charge in [0.25, 0.3) is 0 Å². The Bertz CT molecular complexity index is 545. The fraction of sp³-hybridized carbons (Fsp3) is 0.200. The summed E-state index contributed by atoms with van der Waals surface area (Å²) in [5.41, 5.74) is 0.717. The van der Waals surface area contributed by atoms with Crippen LogP contribution in [-0.4, -0.2) is 18.0 Å². The average Bonchev–Trinajstić information content (AvgIpc) is 2.46. The Morgan fingerprint density at radius 3 is 2.58 bits per heavy atom. The van der Waals surface area contributed by atoms with Crippen LogP contribution in [0.5, 0.6) is 5.75 Å². The SMILES string of the molecule is COc1ccccc1C(O)CSc1ccccc1F. The van der Waals surface area contributed by atoms with Crippen molar-refractivity contribution in [1.82, 2.24) is 0 Å². The number of thioether (sulfide) groups is 1. The molecule has 1 unspecified atom stereocenters. The van der Waals surface area contributed by atoms with E-state index >= 15 is 0 Å². The number of rotatable bonds is 5. The summed E-state index contributed by atoms with van der Waals surface area (Å²) in [4.78, 5) is 0.538. The van der Waals surface area contributed by atoms with E-state index in [1.807, 2.05) is 18.2 Å². The van der Waals surface area contributed by atoms with Crippen molar-refractivity contribution in [3.8, 4) is 5.75 Å². The number of methoxy groups -OCH3 is 1. The molecule has 0 saturated carbocycles. The summed E-state index contributed by atoms with van der Waals surface area (Å²) in [7, 11) is 1.57. The quantitative estimate of drug-likeness (QED) is 0.846. The number of aliphatic hydroxyl groups excluding tert-OH is 1. The zero-order valence-electron chi connectivity index (χ0n) is 10.5. The van der Waals surface area contributed by atoms with E-state index in [1.54, 1.807) is 31.4 Å². The van der Waals surface area contributed by atoms with Crippen LogP contribution in [0, 0.1) is 5.82 Å². The molecule has 0 radical (unpaired) electrons. The first-order chi connectivity index (χ1) is 9.22. The summed E-state index contributed by atoms with van der Waals surface area (Å²) >= 11 is 1.29. The van der Waals surface area contributed by atoms with Crippen molar-refractivity contribution in [3.63, 3.8) is 0 Å². The number of halogens is 1. The van der Waals surface area contributed by atoms with Gasteiger partial charge in [-0.1, -0.05) is 30.3 Å². The fourth-order valence-electron chi connectivity index (χ4n) is 1.76. The van der Waals surface area contributed by atoms with E-state index in [0.29, 0.717) is 22.0 Å². The highest BCUT2D eigenvalue weighted by Gasteiger charge is 2.13. The fourth-order valence-corrected chi connectivity index (χ4v) is 2.66. The molecule has 0 fully saturated rings. The molecule has 0 aliphatic rings. The van der Waals surface area contributed by atoms with Gasteiger partial charge in [0, 0.05) is 16.2 Å². The zero-order chi connectivity index (χ0) is 13.7. The standard InChI is InChI=1S/C15H15FO2S/c1-18-14-8-4-2-6-11(14)13(17)10-19-15-9-5-3-7-12(15)16/h2-9,13,17H,10H2,1H3. The minimum Gasteiger partial charge on any atom is -0.496 e. The summed E-state index contributed by atoms with van der Waals surface area (Å²) in [6.07, 6.45) is -0.694. The van der Waals surface area contributed by atoms with E-state index in [2.05, 4.69) is 0 Å². The molecule has 0 aliphatic heterocycles. The summed E-state index contributed by atoms with van der Waals surface area (Å²) in [5.74, 6) is 0.755. The number of ether oxygens (including phenoxy) is 1. The number of aliphatic hydroxyl groups is 1. The highest BCUT2D eigenvalue weighted by atomic mass is 32.2. The van der Waals surface area contributed by atoms with Crippen LogP contribution in [-0.2, 0) is 0 Å². The first kappa shape index (κ1) is 13.9. The van der Waals surface area contributed by atoms with Crippen molar-refractivity contribution in [2.75, 3.05) is 12.9 Å². The van der Waals surface area contributed by atoms with Crippen LogP contribution < -0.4 is 4.74 Å². The molecule has 0 bridgehead atoms. The van der Waals surface area contributed by atoms with Gasteiger partial charge in [0.05, 0.1) is 13.2 Å². The van der Waals surface area contributed by atoms with E-state index in [1.165, 1.54) is 17.8 Å². The minimum absolute atomic E-state index is 0.264. The lowest BCUT2D eigenvalue weighted by atomic mass is 10.1. The third kappa shape index (κ3) is 3.49. The highest BCUT2D eigenvalue weighted by Crippen LogP contribution is 2.30. The molecular formula is C15H15FO2S. The normalized spacial score (nSPS) is 12.2. The predicted octanol–water partition coefficient (Wildman–Crippen LogP) is 3.66. The van der Waals surface area contributed by atoms with Gasteiger partial charge in [-0.2, -0.15) is 0 Å². The van der Waals surface area contributed by atoms with E-state index in [9.17, 15) is 9.50 Å². The third-order valence-corrected chi connectivity index (χ3v) is 3.86. The molecule has 0 spiro atoms. The smallest absolute Gasteiger partial charge is 0.136 e. The van der Waals surface area contributed by atoms with Crippen molar-refractivity contribution in [2.24, 2.45) is 0 Å². The van der Waals surface area contributed by atoms with Gasteiger partial charge in [0.1, 0.15) is 11.6 Å². The van der Waals surface area contributed by atoms with Crippen LogP contribution in [0.1, 0.15) is 11.7 Å². The topological polar surface area (TPSA) is 29.5 Å². The van der Waals surface area contributed by atoms with Crippen molar-refractivity contribution < 1.29 is 14.2 Å². The van der Waals surface area contributed by atoms with E-state index < -0.39 is 6.10 Å². The summed E-state index contributed by atoms with van der Waals surface area (Å²) in [6.45, 7) is 0. The van der Waals surface area contributed by atoms with Gasteiger partial charge in [-0.05, 0) is 18.2 Å². The second kappa shape index (κ2) is 6.59. The van der Waals surface area contributed by atoms with Crippen molar-refractivity contribution in [1.29, 1.82) is 0 Å². The molecule has 2 rings (SSSR count). The monoisotopic (exact) mass is 278 g/mol. The molecule has 0 aromatic heterocycles. The lowest BCUT2D eigenvalue weighted by Crippen LogP contribution is -2.03. The van der Waals surface area contributed by atoms with E-state index in [-0.39, 0.29) is 5.82 Å². The van der Waals surface area contributed by atoms with Crippen molar-refractivity contribution in [3.05, 3.63) is 59.9 Å². The Hall–Kier alpha value is -1.52. The van der Waals surface area contributed by atoms with Crippen LogP contribution in [0.2, 0.25) is 0 Å². The Labute approximate surface area is 116 Å².